The number of rotatable bonds is 11. The Hall–Kier alpha value is -4.84. The van der Waals surface area contributed by atoms with Crippen molar-refractivity contribution in [2.75, 3.05) is 20.1 Å². The van der Waals surface area contributed by atoms with E-state index in [4.69, 9.17) is 9.47 Å². The number of amides is 6. The topological polar surface area (TPSA) is 297 Å². The first-order valence-corrected chi connectivity index (χ1v) is 24.9. The van der Waals surface area contributed by atoms with E-state index in [1.807, 2.05) is 20.8 Å². The van der Waals surface area contributed by atoms with Crippen LogP contribution in [0.3, 0.4) is 0 Å². The van der Waals surface area contributed by atoms with Crippen molar-refractivity contribution in [3.63, 3.8) is 0 Å². The molecule has 0 aromatic heterocycles. The quantitative estimate of drug-likeness (QED) is 0.0614. The summed E-state index contributed by atoms with van der Waals surface area (Å²) < 4.78 is 12.2. The molecule has 8 N–H and O–H groups in total. The fourth-order valence-corrected chi connectivity index (χ4v) is 9.58. The van der Waals surface area contributed by atoms with Crippen molar-refractivity contribution >= 4 is 47.2 Å². The van der Waals surface area contributed by atoms with E-state index >= 15 is 4.79 Å². The van der Waals surface area contributed by atoms with Crippen molar-refractivity contribution in [2.24, 2.45) is 23.7 Å². The predicted molar refractivity (Wildman–Crippen MR) is 256 cm³/mol. The Morgan fingerprint density at radius 3 is 2.03 bits per heavy atom. The number of hydrazine groups is 2. The van der Waals surface area contributed by atoms with Crippen LogP contribution >= 0.6 is 0 Å². The van der Waals surface area contributed by atoms with E-state index in [2.05, 4.69) is 21.5 Å². The monoisotopic (exact) mass is 1000 g/mol. The van der Waals surface area contributed by atoms with Crippen LogP contribution in [-0.4, -0.2) is 174 Å². The van der Waals surface area contributed by atoms with Crippen molar-refractivity contribution in [3.8, 4) is 0 Å². The molecule has 4 aliphatic heterocycles. The molecule has 0 spiro atoms. The standard InChI is InChI=1S/C49H80N8O14/c1-14-27(6)38(59)29(8)24-30(9)40-28(7)19-20-49(68,71-40)48(12,67)47(66)53-37-39(26(4)5)70-46(65)36(32(11)58)52-41(60)33-17-15-21-50-55(33)43(62)35(23-25(2)3)54(13)42(61)31(10)57(69)44(63)34-18-16-22-51-56(34)45(37)64/h14,24-26,28-29,31-37,39-40,50-51,58,67-69H,15-23H2,1-13H3,(H,52,60)(H,53,66)/b27-14+,30-24+/t28-,29-,31-,32-,33-,34+,35+,36+,37-,39-,40-,48+,49+/m0/s1. The number of hydrogen-bond acceptors (Lipinski definition) is 16. The fraction of sp³-hybridized carbons (Fsp3) is 0.755. The summed E-state index contributed by atoms with van der Waals surface area (Å²) in [7, 11) is 1.33. The molecule has 400 valence electrons. The molecule has 22 heteroatoms. The van der Waals surface area contributed by atoms with Gasteiger partial charge in [0.05, 0.1) is 12.2 Å². The van der Waals surface area contributed by atoms with Crippen molar-refractivity contribution in [3.05, 3.63) is 23.3 Å². The van der Waals surface area contributed by atoms with Crippen LogP contribution in [0.1, 0.15) is 128 Å². The zero-order valence-electron chi connectivity index (χ0n) is 43.7. The highest BCUT2D eigenvalue weighted by atomic mass is 16.6. The number of carbonyl (C=O) groups is 8. The summed E-state index contributed by atoms with van der Waals surface area (Å²) in [6, 6.07) is -9.45. The first kappa shape index (κ1) is 58.7. The molecule has 0 radical (unpaired) electrons. The number of likely N-dealkylation sites (N-methyl/N-ethyl adjacent to an activating group) is 1. The number of aliphatic hydroxyl groups is 3. The van der Waals surface area contributed by atoms with Crippen molar-refractivity contribution in [1.82, 2.24) is 41.5 Å². The lowest BCUT2D eigenvalue weighted by Gasteiger charge is -2.48. The van der Waals surface area contributed by atoms with Crippen LogP contribution in [0, 0.1) is 23.7 Å². The van der Waals surface area contributed by atoms with Gasteiger partial charge in [0.25, 0.3) is 23.6 Å². The molecule has 4 saturated heterocycles. The highest BCUT2D eigenvalue weighted by Gasteiger charge is 2.58. The molecule has 4 fully saturated rings. The van der Waals surface area contributed by atoms with Crippen LogP contribution in [0.15, 0.2) is 23.3 Å². The lowest BCUT2D eigenvalue weighted by molar-refractivity contribution is -0.321. The largest absolute Gasteiger partial charge is 0.458 e. The number of ether oxygens (including phenoxy) is 2. The Labute approximate surface area is 417 Å². The van der Waals surface area contributed by atoms with Crippen molar-refractivity contribution < 1.29 is 68.4 Å². The van der Waals surface area contributed by atoms with Gasteiger partial charge in [-0.05, 0) is 109 Å². The zero-order valence-corrected chi connectivity index (χ0v) is 43.7. The Balaban J connectivity index is 1.85. The summed E-state index contributed by atoms with van der Waals surface area (Å²) in [5, 5.41) is 54.0. The first-order chi connectivity index (χ1) is 33.0. The number of Topliss-reactive ketones (excluding diaryl/α,β-unsaturated/α-hetero) is 1. The van der Waals surface area contributed by atoms with Gasteiger partial charge in [0.15, 0.2) is 17.4 Å². The minimum Gasteiger partial charge on any atom is -0.458 e. The molecule has 6 amide bonds. The lowest BCUT2D eigenvalue weighted by atomic mass is 9.80. The number of aliphatic hydroxyl groups excluding tert-OH is 1. The van der Waals surface area contributed by atoms with Gasteiger partial charge in [-0.25, -0.2) is 20.7 Å². The number of allylic oxidation sites excluding steroid dienone is 3. The number of fused-ring (bicyclic) bond motifs is 2. The second kappa shape index (κ2) is 24.3. The number of ketones is 1. The van der Waals surface area contributed by atoms with Gasteiger partial charge in [-0.2, -0.15) is 0 Å². The molecule has 0 aromatic carbocycles. The maximum Gasteiger partial charge on any atom is 0.331 e. The predicted octanol–water partition coefficient (Wildman–Crippen LogP) is 0.761. The average Bonchev–Trinajstić information content (AvgIpc) is 3.33. The molecule has 0 aromatic rings. The molecule has 0 aliphatic carbocycles. The van der Waals surface area contributed by atoms with Gasteiger partial charge < -0.3 is 40.3 Å². The molecule has 4 rings (SSSR count). The van der Waals surface area contributed by atoms with Gasteiger partial charge in [0.2, 0.25) is 17.6 Å². The number of nitrogens with zero attached hydrogens (tertiary/aromatic N) is 4. The molecule has 13 atom stereocenters. The molecule has 0 bridgehead atoms. The highest BCUT2D eigenvalue weighted by Crippen LogP contribution is 2.41. The third-order valence-electron chi connectivity index (χ3n) is 14.3. The first-order valence-electron chi connectivity index (χ1n) is 24.9. The van der Waals surface area contributed by atoms with Crippen molar-refractivity contribution in [1.29, 1.82) is 0 Å². The third kappa shape index (κ3) is 13.0. The average molecular weight is 1010 g/mol. The summed E-state index contributed by atoms with van der Waals surface area (Å²) in [5.74, 6) is -11.9. The third-order valence-corrected chi connectivity index (χ3v) is 14.3. The number of carbonyl (C=O) groups excluding carboxylic acids is 8. The summed E-state index contributed by atoms with van der Waals surface area (Å²) in [6.45, 7) is 19.2. The summed E-state index contributed by atoms with van der Waals surface area (Å²) >= 11 is 0. The molecule has 0 unspecified atom stereocenters. The summed E-state index contributed by atoms with van der Waals surface area (Å²) in [5.41, 5.74) is 4.03. The number of esters is 1. The maximum atomic E-state index is 15.2. The number of cyclic esters (lactones) is 1. The van der Waals surface area contributed by atoms with Crippen LogP contribution in [0.5, 0.6) is 0 Å². The lowest BCUT2D eigenvalue weighted by Crippen LogP contribution is -2.70. The van der Waals surface area contributed by atoms with Crippen LogP contribution in [0.4, 0.5) is 0 Å². The number of nitrogens with one attached hydrogen (secondary N) is 4. The van der Waals surface area contributed by atoms with Crippen LogP contribution in [0.25, 0.3) is 0 Å². The van der Waals surface area contributed by atoms with E-state index in [0.29, 0.717) is 17.6 Å². The Morgan fingerprint density at radius 2 is 1.48 bits per heavy atom. The van der Waals surface area contributed by atoms with E-state index < -0.39 is 119 Å². The zero-order chi connectivity index (χ0) is 53.6. The number of hydroxylamine groups is 2. The SMILES string of the molecule is C/C=C(\C)C(=O)[C@@H](C)/C=C(\C)[C@H]1O[C@@](O)([C@](C)(O)C(=O)N[C@@H]2C(=O)N3NCCC[C@@H]3C(=O)N(O)[C@@H](C)C(=O)N(C)[C@H](CC(C)C)C(=O)N3NCCC[C@H]3C(=O)N[C@H]([C@H](C)O)C(=O)O[C@H]2C(C)C)CC[C@@H]1C. The second-order valence-corrected chi connectivity index (χ2v) is 20.8. The smallest absolute Gasteiger partial charge is 0.331 e. The van der Waals surface area contributed by atoms with Gasteiger partial charge in [-0.1, -0.05) is 53.7 Å². The van der Waals surface area contributed by atoms with Crippen molar-refractivity contribution in [2.45, 2.75) is 194 Å². The summed E-state index contributed by atoms with van der Waals surface area (Å²) in [4.78, 5) is 116. The van der Waals surface area contributed by atoms with Gasteiger partial charge in [-0.3, -0.25) is 48.8 Å². The Bertz CT molecular complexity index is 2060. The minimum absolute atomic E-state index is 0.0684. The molecule has 22 nitrogen and oxygen atoms in total. The Morgan fingerprint density at radius 1 is 0.901 bits per heavy atom. The maximum absolute atomic E-state index is 15.2. The normalized spacial score (nSPS) is 32.5. The minimum atomic E-state index is -2.85. The second-order valence-electron chi connectivity index (χ2n) is 20.8. The van der Waals surface area contributed by atoms with E-state index in [9.17, 15) is 54.1 Å². The van der Waals surface area contributed by atoms with Gasteiger partial charge in [0.1, 0.15) is 36.3 Å². The molecule has 71 heavy (non-hydrogen) atoms. The van der Waals surface area contributed by atoms with Crippen LogP contribution < -0.4 is 21.5 Å². The highest BCUT2D eigenvalue weighted by molar-refractivity contribution is 5.98. The molecule has 4 heterocycles. The van der Waals surface area contributed by atoms with Gasteiger partial charge >= 0.3 is 5.97 Å². The number of hydrogen-bond donors (Lipinski definition) is 8. The Kier molecular flexibility index (Phi) is 20.1. The van der Waals surface area contributed by atoms with Gasteiger partial charge in [-0.15, -0.1) is 0 Å². The van der Waals surface area contributed by atoms with Gasteiger partial charge in [0, 0.05) is 32.5 Å². The molecule has 0 saturated carbocycles. The van der Waals surface area contributed by atoms with Crippen LogP contribution in [0.2, 0.25) is 0 Å². The van der Waals surface area contributed by atoms with E-state index in [1.54, 1.807) is 39.8 Å². The molecular weight excluding hydrogens is 925 g/mol. The van der Waals surface area contributed by atoms with Crippen LogP contribution in [-0.2, 0) is 47.8 Å². The van der Waals surface area contributed by atoms with E-state index in [-0.39, 0.29) is 74.3 Å². The van der Waals surface area contributed by atoms with E-state index in [1.165, 1.54) is 34.7 Å². The molecular formula is C49H80N8O14. The van der Waals surface area contributed by atoms with E-state index in [0.717, 1.165) is 21.8 Å². The summed E-state index contributed by atoms with van der Waals surface area (Å²) in [6.07, 6.45) is 0.00218. The molecule has 4 aliphatic rings. The fourth-order valence-electron chi connectivity index (χ4n) is 9.58.